The molecule has 0 fully saturated rings. The molecule has 12 heavy (non-hydrogen) atoms. The first-order valence-corrected chi connectivity index (χ1v) is 5.03. The third-order valence-corrected chi connectivity index (χ3v) is 2.61. The molecule has 2 N–H and O–H groups in total. The predicted octanol–water partition coefficient (Wildman–Crippen LogP) is 1.92. The molecule has 4 nitrogen and oxygen atoms in total. The van der Waals surface area contributed by atoms with Crippen molar-refractivity contribution in [3.8, 4) is 0 Å². The van der Waals surface area contributed by atoms with Gasteiger partial charge in [-0.3, -0.25) is 4.79 Å². The van der Waals surface area contributed by atoms with Crippen molar-refractivity contribution < 1.29 is 19.8 Å². The largest absolute Gasteiger partial charge is 0.480 e. The van der Waals surface area contributed by atoms with Crippen molar-refractivity contribution in [2.45, 2.75) is 4.83 Å². The Bertz CT molecular complexity index is 243. The minimum Gasteiger partial charge on any atom is -0.480 e. The molecule has 7 heteroatoms. The van der Waals surface area contributed by atoms with E-state index >= 15 is 0 Å². The SMILES string of the molecule is O=C(O)C(=C(Br)Br)C(Br)C(=O)O. The first-order valence-electron chi connectivity index (χ1n) is 2.53. The maximum atomic E-state index is 10.5. The summed E-state index contributed by atoms with van der Waals surface area (Å²) in [4.78, 5) is 19.6. The monoisotopic (exact) mass is 364 g/mol. The minimum atomic E-state index is -1.30. The van der Waals surface area contributed by atoms with Gasteiger partial charge in [-0.1, -0.05) is 15.9 Å². The summed E-state index contributed by atoms with van der Waals surface area (Å²) in [6.07, 6.45) is 0. The Morgan fingerprint density at radius 2 is 1.58 bits per heavy atom. The molecule has 0 aromatic rings. The molecule has 0 rings (SSSR count). The topological polar surface area (TPSA) is 74.6 Å². The van der Waals surface area contributed by atoms with Crippen LogP contribution in [-0.4, -0.2) is 27.0 Å². The lowest BCUT2D eigenvalue weighted by molar-refractivity contribution is -0.139. The zero-order chi connectivity index (χ0) is 9.89. The maximum Gasteiger partial charge on any atom is 0.335 e. The highest BCUT2D eigenvalue weighted by atomic mass is 79.9. The van der Waals surface area contributed by atoms with Crippen LogP contribution in [-0.2, 0) is 9.59 Å². The summed E-state index contributed by atoms with van der Waals surface area (Å²) in [7, 11) is 0. The van der Waals surface area contributed by atoms with Crippen LogP contribution >= 0.6 is 47.8 Å². The first-order chi connectivity index (χ1) is 5.37. The van der Waals surface area contributed by atoms with Gasteiger partial charge in [0.2, 0.25) is 0 Å². The van der Waals surface area contributed by atoms with Crippen LogP contribution in [0.25, 0.3) is 0 Å². The summed E-state index contributed by atoms with van der Waals surface area (Å²) in [5.74, 6) is -2.56. The molecule has 0 aromatic carbocycles. The summed E-state index contributed by atoms with van der Waals surface area (Å²) < 4.78 is 0.103. The van der Waals surface area contributed by atoms with E-state index in [0.717, 1.165) is 0 Å². The van der Waals surface area contributed by atoms with Crippen molar-refractivity contribution in [3.63, 3.8) is 0 Å². The molecule has 0 saturated heterocycles. The Morgan fingerprint density at radius 3 is 1.67 bits per heavy atom. The van der Waals surface area contributed by atoms with Crippen molar-refractivity contribution in [2.75, 3.05) is 0 Å². The van der Waals surface area contributed by atoms with Gasteiger partial charge >= 0.3 is 11.9 Å². The molecular weight excluding hydrogens is 364 g/mol. The number of alkyl halides is 1. The predicted molar refractivity (Wildman–Crippen MR) is 52.9 cm³/mol. The highest BCUT2D eigenvalue weighted by molar-refractivity contribution is 9.28. The average Bonchev–Trinajstić information content (AvgIpc) is 1.85. The van der Waals surface area contributed by atoms with E-state index < -0.39 is 16.8 Å². The Labute approximate surface area is 93.0 Å². The molecule has 1 atom stereocenters. The standard InChI is InChI=1S/C5H3Br3O4/c6-2(5(11)12)1(3(7)8)4(9)10/h2H,(H,9,10)(H,11,12). The van der Waals surface area contributed by atoms with Gasteiger partial charge in [0.05, 0.1) is 8.96 Å². The normalized spacial score (nSPS) is 11.9. The van der Waals surface area contributed by atoms with Gasteiger partial charge in [0.1, 0.15) is 4.83 Å². The van der Waals surface area contributed by atoms with Gasteiger partial charge in [0.15, 0.2) is 0 Å². The number of hydrogen-bond donors (Lipinski definition) is 2. The van der Waals surface area contributed by atoms with Crippen molar-refractivity contribution in [1.29, 1.82) is 0 Å². The van der Waals surface area contributed by atoms with Gasteiger partial charge in [-0.25, -0.2) is 4.79 Å². The van der Waals surface area contributed by atoms with E-state index in [-0.39, 0.29) is 8.96 Å². The fourth-order valence-corrected chi connectivity index (χ4v) is 2.24. The van der Waals surface area contributed by atoms with E-state index in [1.807, 2.05) is 0 Å². The molecule has 0 aliphatic rings. The number of aliphatic carboxylic acids is 2. The zero-order valence-electron chi connectivity index (χ0n) is 5.42. The van der Waals surface area contributed by atoms with Crippen LogP contribution in [0.3, 0.4) is 0 Å². The van der Waals surface area contributed by atoms with Crippen LogP contribution in [0.15, 0.2) is 8.96 Å². The maximum absolute atomic E-state index is 10.5. The van der Waals surface area contributed by atoms with Gasteiger partial charge in [-0.05, 0) is 31.9 Å². The Kier molecular flexibility index (Phi) is 5.03. The highest BCUT2D eigenvalue weighted by Crippen LogP contribution is 2.25. The van der Waals surface area contributed by atoms with Crippen molar-refractivity contribution in [2.24, 2.45) is 0 Å². The van der Waals surface area contributed by atoms with Crippen LogP contribution in [0.1, 0.15) is 0 Å². The molecule has 1 unspecified atom stereocenters. The summed E-state index contributed by atoms with van der Waals surface area (Å²) in [6, 6.07) is 0. The molecule has 0 aliphatic carbocycles. The van der Waals surface area contributed by atoms with Crippen molar-refractivity contribution >= 4 is 59.7 Å². The lowest BCUT2D eigenvalue weighted by atomic mass is 10.2. The third-order valence-electron chi connectivity index (χ3n) is 0.904. The van der Waals surface area contributed by atoms with Gasteiger partial charge in [0.25, 0.3) is 0 Å². The molecule has 0 saturated carbocycles. The summed E-state index contributed by atoms with van der Waals surface area (Å²) in [5.41, 5.74) is -0.289. The zero-order valence-corrected chi connectivity index (χ0v) is 10.2. The quantitative estimate of drug-likeness (QED) is 0.591. The number of carboxylic acids is 2. The number of carboxylic acid groups (broad SMARTS) is 2. The van der Waals surface area contributed by atoms with Crippen molar-refractivity contribution in [1.82, 2.24) is 0 Å². The molecule has 0 bridgehead atoms. The summed E-state index contributed by atoms with van der Waals surface area (Å²) in [5, 5.41) is 17.0. The minimum absolute atomic E-state index is 0.103. The van der Waals surface area contributed by atoms with E-state index in [2.05, 4.69) is 47.8 Å². The van der Waals surface area contributed by atoms with Gasteiger partial charge in [-0.2, -0.15) is 0 Å². The second-order valence-electron chi connectivity index (χ2n) is 1.68. The molecule has 0 spiro atoms. The van der Waals surface area contributed by atoms with E-state index in [0.29, 0.717) is 0 Å². The Balaban J connectivity index is 4.91. The van der Waals surface area contributed by atoms with E-state index in [9.17, 15) is 9.59 Å². The van der Waals surface area contributed by atoms with Crippen molar-refractivity contribution in [3.05, 3.63) is 8.96 Å². The molecule has 68 valence electrons. The molecule has 0 amide bonds. The van der Waals surface area contributed by atoms with Crippen LogP contribution in [0.4, 0.5) is 0 Å². The number of halogens is 3. The van der Waals surface area contributed by atoms with Gasteiger partial charge in [-0.15, -0.1) is 0 Å². The fourth-order valence-electron chi connectivity index (χ4n) is 0.409. The van der Waals surface area contributed by atoms with Crippen LogP contribution in [0, 0.1) is 0 Å². The van der Waals surface area contributed by atoms with Gasteiger partial charge < -0.3 is 10.2 Å². The molecule has 0 aromatic heterocycles. The molecular formula is C5H3Br3O4. The third kappa shape index (κ3) is 3.24. The second kappa shape index (κ2) is 4.98. The van der Waals surface area contributed by atoms with E-state index in [1.54, 1.807) is 0 Å². The number of hydrogen-bond acceptors (Lipinski definition) is 2. The first kappa shape index (κ1) is 12.1. The van der Waals surface area contributed by atoms with E-state index in [1.165, 1.54) is 0 Å². The fraction of sp³-hybridized carbons (Fsp3) is 0.200. The molecule has 0 heterocycles. The van der Waals surface area contributed by atoms with Gasteiger partial charge in [0, 0.05) is 0 Å². The summed E-state index contributed by atoms with van der Waals surface area (Å²) in [6.45, 7) is 0. The smallest absolute Gasteiger partial charge is 0.335 e. The van der Waals surface area contributed by atoms with Crippen LogP contribution < -0.4 is 0 Å². The van der Waals surface area contributed by atoms with Crippen LogP contribution in [0.2, 0.25) is 0 Å². The van der Waals surface area contributed by atoms with Crippen LogP contribution in [0.5, 0.6) is 0 Å². The second-order valence-corrected chi connectivity index (χ2v) is 5.25. The lowest BCUT2D eigenvalue weighted by Crippen LogP contribution is -2.21. The number of carbonyl (C=O) groups is 2. The molecule has 0 radical (unpaired) electrons. The Hall–Kier alpha value is 0.120. The van der Waals surface area contributed by atoms with E-state index in [4.69, 9.17) is 10.2 Å². The summed E-state index contributed by atoms with van der Waals surface area (Å²) >= 11 is 8.38. The molecule has 0 aliphatic heterocycles. The average molecular weight is 367 g/mol. The Morgan fingerprint density at radius 1 is 1.17 bits per heavy atom. The highest BCUT2D eigenvalue weighted by Gasteiger charge is 2.26. The number of rotatable bonds is 3. The lowest BCUT2D eigenvalue weighted by Gasteiger charge is -2.05.